The average Bonchev–Trinajstić information content (AvgIpc) is 2.66. The normalized spacial score (nSPS) is 15.6. The van der Waals surface area contributed by atoms with Crippen molar-refractivity contribution in [1.82, 2.24) is 5.32 Å². The van der Waals surface area contributed by atoms with Gasteiger partial charge in [0.2, 0.25) is 5.91 Å². The zero-order chi connectivity index (χ0) is 14.8. The van der Waals surface area contributed by atoms with E-state index in [2.05, 4.69) is 5.32 Å². The summed E-state index contributed by atoms with van der Waals surface area (Å²) in [6.45, 7) is 9.36. The van der Waals surface area contributed by atoms with E-state index in [1.165, 1.54) is 0 Å². The first-order chi connectivity index (χ1) is 8.72. The molecule has 106 valence electrons. The minimum absolute atomic E-state index is 0.134. The molecule has 1 rings (SSSR count). The van der Waals surface area contributed by atoms with Crippen molar-refractivity contribution in [3.63, 3.8) is 0 Å². The quantitative estimate of drug-likeness (QED) is 0.815. The van der Waals surface area contributed by atoms with Crippen LogP contribution in [0.1, 0.15) is 50.3 Å². The van der Waals surface area contributed by atoms with Crippen LogP contribution in [0.3, 0.4) is 0 Å². The maximum atomic E-state index is 12.3. The summed E-state index contributed by atoms with van der Waals surface area (Å²) in [5, 5.41) is 2.96. The van der Waals surface area contributed by atoms with Crippen LogP contribution in [0.15, 0.2) is 10.5 Å². The average molecular weight is 282 g/mol. The van der Waals surface area contributed by atoms with Gasteiger partial charge in [0.1, 0.15) is 11.5 Å². The Morgan fingerprint density at radius 3 is 2.53 bits per heavy atom. The highest BCUT2D eigenvalue weighted by atomic mass is 32.1. The number of aryl methyl sites for hydroxylation is 2. The molecule has 0 fully saturated rings. The second-order valence-corrected chi connectivity index (χ2v) is 5.55. The molecule has 2 atom stereocenters. The molecule has 0 aliphatic heterocycles. The SMILES string of the molecule is CCC(C)(C(=O)NC(C)c1cc(C)oc1C)C(N)=S. The number of hydrogen-bond donors (Lipinski definition) is 2. The standard InChI is InChI=1S/C14H22N2O2S/c1-6-14(5,12(15)19)13(17)16-9(3)11-7-8(2)18-10(11)4/h7,9H,6H2,1-5H3,(H2,15,19)(H,16,17). The maximum Gasteiger partial charge on any atom is 0.233 e. The lowest BCUT2D eigenvalue weighted by Crippen LogP contribution is -2.47. The summed E-state index contributed by atoms with van der Waals surface area (Å²) in [4.78, 5) is 12.6. The minimum atomic E-state index is -0.809. The number of hydrogen-bond acceptors (Lipinski definition) is 3. The number of furan rings is 1. The van der Waals surface area contributed by atoms with Crippen molar-refractivity contribution in [2.45, 2.75) is 47.1 Å². The monoisotopic (exact) mass is 282 g/mol. The van der Waals surface area contributed by atoms with E-state index in [0.29, 0.717) is 6.42 Å². The molecule has 0 saturated carbocycles. The molecule has 0 aromatic carbocycles. The Hall–Kier alpha value is -1.36. The number of carbonyl (C=O) groups is 1. The molecule has 1 aromatic heterocycles. The van der Waals surface area contributed by atoms with Gasteiger partial charge in [-0.25, -0.2) is 0 Å². The molecule has 2 unspecified atom stereocenters. The van der Waals surface area contributed by atoms with Crippen LogP contribution in [0.5, 0.6) is 0 Å². The molecule has 1 aromatic rings. The first kappa shape index (κ1) is 15.7. The predicted molar refractivity (Wildman–Crippen MR) is 79.9 cm³/mol. The molecular weight excluding hydrogens is 260 g/mol. The van der Waals surface area contributed by atoms with E-state index in [9.17, 15) is 4.79 Å². The van der Waals surface area contributed by atoms with Crippen LogP contribution in [0.4, 0.5) is 0 Å². The Bertz CT molecular complexity index is 496. The lowest BCUT2D eigenvalue weighted by Gasteiger charge is -2.27. The van der Waals surface area contributed by atoms with Crippen molar-refractivity contribution < 1.29 is 9.21 Å². The zero-order valence-electron chi connectivity index (χ0n) is 12.2. The molecule has 3 N–H and O–H groups in total. The van der Waals surface area contributed by atoms with Crippen LogP contribution in [0.2, 0.25) is 0 Å². The lowest BCUT2D eigenvalue weighted by atomic mass is 9.86. The molecule has 0 spiro atoms. The van der Waals surface area contributed by atoms with E-state index >= 15 is 0 Å². The summed E-state index contributed by atoms with van der Waals surface area (Å²) >= 11 is 5.00. The molecular formula is C14H22N2O2S. The van der Waals surface area contributed by atoms with Crippen molar-refractivity contribution in [3.8, 4) is 0 Å². The van der Waals surface area contributed by atoms with Crippen LogP contribution in [-0.2, 0) is 4.79 Å². The third-order valence-corrected chi connectivity index (χ3v) is 4.10. The van der Waals surface area contributed by atoms with E-state index in [1.54, 1.807) is 6.92 Å². The summed E-state index contributed by atoms with van der Waals surface area (Å²) in [6.07, 6.45) is 0.574. The van der Waals surface area contributed by atoms with Gasteiger partial charge in [0.25, 0.3) is 0 Å². The van der Waals surface area contributed by atoms with Gasteiger partial charge in [-0.3, -0.25) is 4.79 Å². The van der Waals surface area contributed by atoms with Gasteiger partial charge in [0.15, 0.2) is 0 Å². The minimum Gasteiger partial charge on any atom is -0.466 e. The van der Waals surface area contributed by atoms with E-state index in [0.717, 1.165) is 17.1 Å². The second kappa shape index (κ2) is 5.74. The van der Waals surface area contributed by atoms with Crippen molar-refractivity contribution in [3.05, 3.63) is 23.2 Å². The van der Waals surface area contributed by atoms with Gasteiger partial charge >= 0.3 is 0 Å². The first-order valence-corrected chi connectivity index (χ1v) is 6.81. The van der Waals surface area contributed by atoms with Gasteiger partial charge in [-0.1, -0.05) is 19.1 Å². The second-order valence-electron chi connectivity index (χ2n) is 5.11. The van der Waals surface area contributed by atoms with Gasteiger partial charge in [0.05, 0.1) is 16.4 Å². The summed E-state index contributed by atoms with van der Waals surface area (Å²) in [5.41, 5.74) is 5.85. The van der Waals surface area contributed by atoms with Crippen molar-refractivity contribution in [1.29, 1.82) is 0 Å². The van der Waals surface area contributed by atoms with Gasteiger partial charge in [0, 0.05) is 5.56 Å². The fourth-order valence-corrected chi connectivity index (χ4v) is 2.20. The largest absolute Gasteiger partial charge is 0.466 e. The Kier molecular flexibility index (Phi) is 4.74. The Labute approximate surface area is 119 Å². The fraction of sp³-hybridized carbons (Fsp3) is 0.571. The summed E-state index contributed by atoms with van der Waals surface area (Å²) in [6, 6.07) is 1.80. The van der Waals surface area contributed by atoms with Gasteiger partial charge < -0.3 is 15.5 Å². The van der Waals surface area contributed by atoms with Gasteiger partial charge in [-0.2, -0.15) is 0 Å². The Morgan fingerprint density at radius 1 is 1.58 bits per heavy atom. The summed E-state index contributed by atoms with van der Waals surface area (Å²) in [5.74, 6) is 1.51. The van der Waals surface area contributed by atoms with Crippen LogP contribution >= 0.6 is 12.2 Å². The van der Waals surface area contributed by atoms with Crippen LogP contribution in [0, 0.1) is 19.3 Å². The Morgan fingerprint density at radius 2 is 2.16 bits per heavy atom. The number of nitrogens with one attached hydrogen (secondary N) is 1. The molecule has 0 bridgehead atoms. The Balaban J connectivity index is 2.88. The smallest absolute Gasteiger partial charge is 0.233 e. The summed E-state index contributed by atoms with van der Waals surface area (Å²) < 4.78 is 5.47. The number of nitrogens with two attached hydrogens (primary N) is 1. The highest BCUT2D eigenvalue weighted by molar-refractivity contribution is 7.80. The van der Waals surface area contributed by atoms with Crippen molar-refractivity contribution in [2.24, 2.45) is 11.1 Å². The molecule has 4 nitrogen and oxygen atoms in total. The number of rotatable bonds is 5. The fourth-order valence-electron chi connectivity index (χ4n) is 1.96. The zero-order valence-corrected chi connectivity index (χ0v) is 13.0. The molecule has 19 heavy (non-hydrogen) atoms. The predicted octanol–water partition coefficient (Wildman–Crippen LogP) is 2.78. The summed E-state index contributed by atoms with van der Waals surface area (Å²) in [7, 11) is 0. The molecule has 0 aliphatic rings. The molecule has 1 amide bonds. The molecule has 1 heterocycles. The number of thiocarbonyl (C=S) groups is 1. The van der Waals surface area contributed by atoms with Crippen LogP contribution < -0.4 is 11.1 Å². The van der Waals surface area contributed by atoms with E-state index in [1.807, 2.05) is 33.8 Å². The van der Waals surface area contributed by atoms with E-state index in [-0.39, 0.29) is 16.9 Å². The highest BCUT2D eigenvalue weighted by Crippen LogP contribution is 2.26. The highest BCUT2D eigenvalue weighted by Gasteiger charge is 2.35. The van der Waals surface area contributed by atoms with Gasteiger partial charge in [-0.05, 0) is 40.2 Å². The third-order valence-electron chi connectivity index (χ3n) is 3.65. The van der Waals surface area contributed by atoms with Gasteiger partial charge in [-0.15, -0.1) is 0 Å². The van der Waals surface area contributed by atoms with Crippen LogP contribution in [0.25, 0.3) is 0 Å². The van der Waals surface area contributed by atoms with Crippen molar-refractivity contribution in [2.75, 3.05) is 0 Å². The number of carbonyl (C=O) groups excluding carboxylic acids is 1. The molecule has 5 heteroatoms. The van der Waals surface area contributed by atoms with E-state index < -0.39 is 5.41 Å². The lowest BCUT2D eigenvalue weighted by molar-refractivity contribution is -0.127. The molecule has 0 saturated heterocycles. The van der Waals surface area contributed by atoms with E-state index in [4.69, 9.17) is 22.4 Å². The first-order valence-electron chi connectivity index (χ1n) is 6.40. The maximum absolute atomic E-state index is 12.3. The molecule has 0 radical (unpaired) electrons. The van der Waals surface area contributed by atoms with Crippen molar-refractivity contribution >= 4 is 23.1 Å². The third kappa shape index (κ3) is 3.15. The topological polar surface area (TPSA) is 68.3 Å². The van der Waals surface area contributed by atoms with Crippen LogP contribution in [-0.4, -0.2) is 10.9 Å². The number of amides is 1. The molecule has 0 aliphatic carbocycles.